The Bertz CT molecular complexity index is 469. The Balaban J connectivity index is 1.57. The molecular formula is C13H17BrN2O3. The van der Waals surface area contributed by atoms with Gasteiger partial charge in [0.25, 0.3) is 0 Å². The maximum absolute atomic E-state index is 9.71. The van der Waals surface area contributed by atoms with Crippen LogP contribution in [0.15, 0.2) is 16.6 Å². The van der Waals surface area contributed by atoms with Gasteiger partial charge in [-0.2, -0.15) is 0 Å². The lowest BCUT2D eigenvalue weighted by Crippen LogP contribution is -2.30. The van der Waals surface area contributed by atoms with Crippen molar-refractivity contribution in [3.05, 3.63) is 22.2 Å². The Morgan fingerprint density at radius 2 is 2.26 bits per heavy atom. The quantitative estimate of drug-likeness (QED) is 0.764. The zero-order valence-corrected chi connectivity index (χ0v) is 12.1. The highest BCUT2D eigenvalue weighted by Crippen LogP contribution is 2.39. The molecule has 1 aromatic rings. The molecular weight excluding hydrogens is 312 g/mol. The summed E-state index contributed by atoms with van der Waals surface area (Å²) in [5.74, 6) is 1.85. The highest BCUT2D eigenvalue weighted by molar-refractivity contribution is 9.10. The standard InChI is InChI=1S/C13H17BrN2O3/c14-10-1-8(2-12-13(10)19-7-18-12)3-15-4-9-5-16-6-11(9)17/h1-2,9,11,15-17H,3-7H2. The molecule has 2 unspecified atom stereocenters. The molecule has 6 heteroatoms. The van der Waals surface area contributed by atoms with Crippen LogP contribution in [-0.2, 0) is 6.54 Å². The van der Waals surface area contributed by atoms with E-state index in [0.717, 1.165) is 41.2 Å². The van der Waals surface area contributed by atoms with Crippen LogP contribution in [0.1, 0.15) is 5.56 Å². The van der Waals surface area contributed by atoms with E-state index >= 15 is 0 Å². The first-order chi connectivity index (χ1) is 9.24. The van der Waals surface area contributed by atoms with Gasteiger partial charge in [-0.3, -0.25) is 0 Å². The van der Waals surface area contributed by atoms with Gasteiger partial charge < -0.3 is 25.2 Å². The molecule has 3 N–H and O–H groups in total. The van der Waals surface area contributed by atoms with Crippen molar-refractivity contribution in [1.29, 1.82) is 0 Å². The lowest BCUT2D eigenvalue weighted by atomic mass is 10.1. The van der Waals surface area contributed by atoms with E-state index < -0.39 is 0 Å². The van der Waals surface area contributed by atoms with Crippen molar-refractivity contribution in [1.82, 2.24) is 10.6 Å². The molecule has 2 atom stereocenters. The van der Waals surface area contributed by atoms with Crippen LogP contribution in [0.25, 0.3) is 0 Å². The highest BCUT2D eigenvalue weighted by atomic mass is 79.9. The maximum atomic E-state index is 9.71. The van der Waals surface area contributed by atoms with Gasteiger partial charge in [-0.1, -0.05) is 0 Å². The summed E-state index contributed by atoms with van der Waals surface area (Å²) in [4.78, 5) is 0. The molecule has 0 amide bonds. The molecule has 104 valence electrons. The van der Waals surface area contributed by atoms with E-state index in [2.05, 4.69) is 26.6 Å². The summed E-state index contributed by atoms with van der Waals surface area (Å²) >= 11 is 3.48. The zero-order chi connectivity index (χ0) is 13.2. The van der Waals surface area contributed by atoms with Crippen LogP contribution in [0.3, 0.4) is 0 Å². The normalized spacial score (nSPS) is 24.9. The first kappa shape index (κ1) is 13.2. The Morgan fingerprint density at radius 1 is 1.37 bits per heavy atom. The van der Waals surface area contributed by atoms with Gasteiger partial charge in [0.05, 0.1) is 10.6 Å². The largest absolute Gasteiger partial charge is 0.454 e. The molecule has 0 aliphatic carbocycles. The van der Waals surface area contributed by atoms with Crippen LogP contribution < -0.4 is 20.1 Å². The Hall–Kier alpha value is -0.820. The molecule has 5 nitrogen and oxygen atoms in total. The van der Waals surface area contributed by atoms with Gasteiger partial charge in [-0.05, 0) is 33.6 Å². The average Bonchev–Trinajstić information content (AvgIpc) is 2.99. The monoisotopic (exact) mass is 328 g/mol. The topological polar surface area (TPSA) is 62.8 Å². The van der Waals surface area contributed by atoms with Crippen molar-refractivity contribution in [2.24, 2.45) is 5.92 Å². The number of β-amino-alcohol motifs (C(OH)–C–C–N with tert-alkyl or cyclic N) is 1. The van der Waals surface area contributed by atoms with Crippen LogP contribution in [0.2, 0.25) is 0 Å². The zero-order valence-electron chi connectivity index (χ0n) is 10.5. The van der Waals surface area contributed by atoms with Crippen LogP contribution in [0.5, 0.6) is 11.5 Å². The molecule has 0 saturated carbocycles. The van der Waals surface area contributed by atoms with E-state index in [1.54, 1.807) is 0 Å². The first-order valence-corrected chi connectivity index (χ1v) is 7.21. The smallest absolute Gasteiger partial charge is 0.231 e. The third-order valence-corrected chi connectivity index (χ3v) is 4.12. The van der Waals surface area contributed by atoms with Gasteiger partial charge in [0.15, 0.2) is 11.5 Å². The number of rotatable bonds is 4. The SMILES string of the molecule is OC1CNCC1CNCc1cc(Br)c2c(c1)OCO2. The molecule has 2 heterocycles. The maximum Gasteiger partial charge on any atom is 0.231 e. The van der Waals surface area contributed by atoms with Gasteiger partial charge in [0, 0.05) is 32.1 Å². The number of benzene rings is 1. The number of aliphatic hydroxyl groups excluding tert-OH is 1. The van der Waals surface area contributed by atoms with Gasteiger partial charge in [0.1, 0.15) is 0 Å². The fraction of sp³-hybridized carbons (Fsp3) is 0.538. The molecule has 0 spiro atoms. The second-order valence-corrected chi connectivity index (χ2v) is 5.78. The van der Waals surface area contributed by atoms with Gasteiger partial charge in [-0.15, -0.1) is 0 Å². The fourth-order valence-electron chi connectivity index (χ4n) is 2.45. The molecule has 19 heavy (non-hydrogen) atoms. The lowest BCUT2D eigenvalue weighted by Gasteiger charge is -2.14. The Morgan fingerprint density at radius 3 is 3.05 bits per heavy atom. The van der Waals surface area contributed by atoms with Crippen LogP contribution in [0, 0.1) is 5.92 Å². The number of hydrogen-bond donors (Lipinski definition) is 3. The molecule has 2 aliphatic heterocycles. The minimum absolute atomic E-state index is 0.240. The van der Waals surface area contributed by atoms with E-state index in [4.69, 9.17) is 9.47 Å². The van der Waals surface area contributed by atoms with Crippen molar-refractivity contribution in [3.8, 4) is 11.5 Å². The Kier molecular flexibility index (Phi) is 3.93. The molecule has 0 radical (unpaired) electrons. The van der Waals surface area contributed by atoms with Gasteiger partial charge >= 0.3 is 0 Å². The molecule has 1 fully saturated rings. The van der Waals surface area contributed by atoms with Crippen LogP contribution in [0.4, 0.5) is 0 Å². The summed E-state index contributed by atoms with van der Waals surface area (Å²) < 4.78 is 11.7. The predicted octanol–water partition coefficient (Wildman–Crippen LogP) is 0.848. The van der Waals surface area contributed by atoms with Crippen LogP contribution >= 0.6 is 15.9 Å². The summed E-state index contributed by atoms with van der Waals surface area (Å²) in [6.45, 7) is 3.41. The minimum atomic E-state index is -0.240. The van der Waals surface area contributed by atoms with Crippen LogP contribution in [-0.4, -0.2) is 37.6 Å². The average molecular weight is 329 g/mol. The number of fused-ring (bicyclic) bond motifs is 1. The molecule has 1 aromatic carbocycles. The summed E-state index contributed by atoms with van der Waals surface area (Å²) in [6.07, 6.45) is -0.240. The van der Waals surface area contributed by atoms with E-state index in [1.807, 2.05) is 12.1 Å². The number of hydrogen-bond acceptors (Lipinski definition) is 5. The Labute approximate surface area is 120 Å². The van der Waals surface area contributed by atoms with Crippen molar-refractivity contribution in [2.75, 3.05) is 26.4 Å². The lowest BCUT2D eigenvalue weighted by molar-refractivity contribution is 0.146. The number of ether oxygens (including phenoxy) is 2. The number of aliphatic hydroxyl groups is 1. The molecule has 2 aliphatic rings. The highest BCUT2D eigenvalue weighted by Gasteiger charge is 2.24. The minimum Gasteiger partial charge on any atom is -0.454 e. The third kappa shape index (κ3) is 2.86. The van der Waals surface area contributed by atoms with Crippen molar-refractivity contribution >= 4 is 15.9 Å². The predicted molar refractivity (Wildman–Crippen MR) is 74.3 cm³/mol. The van der Waals surface area contributed by atoms with Gasteiger partial charge in [0.2, 0.25) is 6.79 Å². The summed E-state index contributed by atoms with van der Waals surface area (Å²) in [5.41, 5.74) is 1.14. The summed E-state index contributed by atoms with van der Waals surface area (Å²) in [6, 6.07) is 4.02. The van der Waals surface area contributed by atoms with Crippen molar-refractivity contribution in [3.63, 3.8) is 0 Å². The summed E-state index contributed by atoms with van der Waals surface area (Å²) in [7, 11) is 0. The second kappa shape index (κ2) is 5.66. The van der Waals surface area contributed by atoms with E-state index in [1.165, 1.54) is 0 Å². The van der Waals surface area contributed by atoms with E-state index in [0.29, 0.717) is 6.54 Å². The van der Waals surface area contributed by atoms with Crippen molar-refractivity contribution < 1.29 is 14.6 Å². The van der Waals surface area contributed by atoms with E-state index in [9.17, 15) is 5.11 Å². The fourth-order valence-corrected chi connectivity index (χ4v) is 3.06. The number of halogens is 1. The molecule has 0 aromatic heterocycles. The summed E-state index contributed by atoms with van der Waals surface area (Å²) in [5, 5.41) is 16.3. The third-order valence-electron chi connectivity index (χ3n) is 3.53. The molecule has 1 saturated heterocycles. The van der Waals surface area contributed by atoms with Gasteiger partial charge in [-0.25, -0.2) is 0 Å². The molecule has 3 rings (SSSR count). The van der Waals surface area contributed by atoms with Crippen molar-refractivity contribution in [2.45, 2.75) is 12.6 Å². The second-order valence-electron chi connectivity index (χ2n) is 4.93. The first-order valence-electron chi connectivity index (χ1n) is 6.41. The number of nitrogens with one attached hydrogen (secondary N) is 2. The van der Waals surface area contributed by atoms with E-state index in [-0.39, 0.29) is 18.8 Å². The molecule has 0 bridgehead atoms.